The van der Waals surface area contributed by atoms with Crippen molar-refractivity contribution in [1.29, 1.82) is 0 Å². The van der Waals surface area contributed by atoms with Gasteiger partial charge in [0.1, 0.15) is 0 Å². The number of hydrogen-bond donors (Lipinski definition) is 4. The summed E-state index contributed by atoms with van der Waals surface area (Å²) in [5, 5.41) is 0. The van der Waals surface area contributed by atoms with Crippen LogP contribution in [0.3, 0.4) is 0 Å². The zero-order valence-electron chi connectivity index (χ0n) is 6.29. The van der Waals surface area contributed by atoms with Crippen LogP contribution in [0.4, 0.5) is 0 Å². The minimum Gasteiger partial charge on any atom is -1.00 e. The molecule has 0 aliphatic heterocycles. The van der Waals surface area contributed by atoms with E-state index in [0.29, 0.717) is 0 Å². The average molecular weight is 241 g/mol. The molecular formula is H5LiMnO7P2. The van der Waals surface area contributed by atoms with Crippen LogP contribution in [0.15, 0.2) is 0 Å². The molecule has 4 N–H and O–H groups in total. The maximum atomic E-state index is 9.63. The van der Waals surface area contributed by atoms with Gasteiger partial charge in [-0.25, -0.2) is 9.13 Å². The van der Waals surface area contributed by atoms with E-state index in [2.05, 4.69) is 4.31 Å². The summed E-state index contributed by atoms with van der Waals surface area (Å²) in [6.07, 6.45) is 0. The molecular weight excluding hydrogens is 236 g/mol. The Morgan fingerprint density at radius 1 is 1.00 bits per heavy atom. The van der Waals surface area contributed by atoms with E-state index < -0.39 is 15.6 Å². The van der Waals surface area contributed by atoms with Gasteiger partial charge in [0.25, 0.3) is 0 Å². The molecule has 0 saturated heterocycles. The zero-order chi connectivity index (χ0) is 7.71. The number of hydrogen-bond acceptors (Lipinski definition) is 3. The molecule has 0 saturated carbocycles. The fraction of sp³-hybridized carbons (Fsp3) is 0. The molecule has 11 heavy (non-hydrogen) atoms. The smallest absolute Gasteiger partial charge is 1.00 e. The van der Waals surface area contributed by atoms with Crippen LogP contribution in [0.2, 0.25) is 0 Å². The van der Waals surface area contributed by atoms with Crippen molar-refractivity contribution in [3.63, 3.8) is 0 Å². The van der Waals surface area contributed by atoms with Crippen LogP contribution in [0.25, 0.3) is 0 Å². The third-order valence-electron chi connectivity index (χ3n) is 0.213. The molecule has 7 nitrogen and oxygen atoms in total. The molecule has 0 aromatic heterocycles. The van der Waals surface area contributed by atoms with E-state index in [4.69, 9.17) is 19.6 Å². The van der Waals surface area contributed by atoms with E-state index in [1.807, 2.05) is 0 Å². The maximum absolute atomic E-state index is 9.63. The van der Waals surface area contributed by atoms with Crippen LogP contribution in [0, 0.1) is 0 Å². The summed E-state index contributed by atoms with van der Waals surface area (Å²) in [7, 11) is -10.1. The van der Waals surface area contributed by atoms with E-state index in [9.17, 15) is 9.13 Å². The van der Waals surface area contributed by atoms with Crippen molar-refractivity contribution in [2.45, 2.75) is 0 Å². The summed E-state index contributed by atoms with van der Waals surface area (Å²) >= 11 is 0. The molecule has 0 rings (SSSR count). The summed E-state index contributed by atoms with van der Waals surface area (Å²) in [4.78, 5) is 31.0. The van der Waals surface area contributed by atoms with Crippen molar-refractivity contribution in [3.05, 3.63) is 0 Å². The average Bonchev–Trinajstić information content (AvgIpc) is 1.14. The Kier molecular flexibility index (Phi) is 9.82. The van der Waals surface area contributed by atoms with E-state index >= 15 is 0 Å². The predicted molar refractivity (Wildman–Crippen MR) is 26.3 cm³/mol. The maximum Gasteiger partial charge on any atom is 1.00 e. The van der Waals surface area contributed by atoms with Crippen LogP contribution in [0.1, 0.15) is 1.43 Å². The topological polar surface area (TPSA) is 124 Å². The first-order valence-corrected chi connectivity index (χ1v) is 4.59. The minimum atomic E-state index is -5.05. The Morgan fingerprint density at radius 3 is 1.18 bits per heavy atom. The second kappa shape index (κ2) is 5.93. The molecule has 0 fully saturated rings. The van der Waals surface area contributed by atoms with Gasteiger partial charge in [-0.2, -0.15) is 4.31 Å². The molecule has 0 atom stereocenters. The molecule has 0 aromatic rings. The molecule has 0 bridgehead atoms. The van der Waals surface area contributed by atoms with Gasteiger partial charge in [-0.1, -0.05) is 0 Å². The fourth-order valence-electron chi connectivity index (χ4n) is 0.139. The molecule has 0 unspecified atom stereocenters. The van der Waals surface area contributed by atoms with Gasteiger partial charge in [-0.3, -0.25) is 0 Å². The van der Waals surface area contributed by atoms with E-state index in [-0.39, 0.29) is 37.4 Å². The second-order valence-electron chi connectivity index (χ2n) is 1.06. The fourth-order valence-corrected chi connectivity index (χ4v) is 1.25. The minimum absolute atomic E-state index is 0. The molecule has 0 heterocycles. The standard InChI is InChI=1S/Li.Mn.H4O7P2.H/c;;1-8(2,3)7-9(4,5)6;/h;;(H2,1,2,3)(H2,4,5,6);/q+1;;;-1. The number of rotatable bonds is 2. The third kappa shape index (κ3) is 18.4. The second-order valence-corrected chi connectivity index (χ2v) is 3.68. The summed E-state index contributed by atoms with van der Waals surface area (Å²) in [5.41, 5.74) is 0. The van der Waals surface area contributed by atoms with E-state index in [0.717, 1.165) is 0 Å². The van der Waals surface area contributed by atoms with Crippen LogP contribution < -0.4 is 18.9 Å². The van der Waals surface area contributed by atoms with Crippen molar-refractivity contribution in [2.75, 3.05) is 0 Å². The Balaban J connectivity index is -0.000000107. The summed E-state index contributed by atoms with van der Waals surface area (Å²) < 4.78 is 22.2. The van der Waals surface area contributed by atoms with E-state index in [1.165, 1.54) is 0 Å². The molecule has 0 aliphatic rings. The zero-order valence-corrected chi connectivity index (χ0v) is 8.26. The monoisotopic (exact) mass is 241 g/mol. The number of phosphoric acid groups is 2. The van der Waals surface area contributed by atoms with Crippen LogP contribution in [-0.4, -0.2) is 19.6 Å². The first kappa shape index (κ1) is 18.2. The van der Waals surface area contributed by atoms with Crippen molar-refractivity contribution in [2.24, 2.45) is 0 Å². The third-order valence-corrected chi connectivity index (χ3v) is 1.91. The summed E-state index contributed by atoms with van der Waals surface area (Å²) in [6.45, 7) is 0. The summed E-state index contributed by atoms with van der Waals surface area (Å²) in [6, 6.07) is 0. The molecule has 0 aliphatic carbocycles. The van der Waals surface area contributed by atoms with Gasteiger partial charge in [0.15, 0.2) is 0 Å². The van der Waals surface area contributed by atoms with Crippen LogP contribution >= 0.6 is 15.6 Å². The Morgan fingerprint density at radius 2 is 1.18 bits per heavy atom. The molecule has 0 amide bonds. The SMILES string of the molecule is O=P(O)(O)OP(=O)(O)O.[H-].[Li+].[Mn]. The Bertz CT molecular complexity index is 162. The van der Waals surface area contributed by atoms with Crippen molar-refractivity contribution in [3.8, 4) is 0 Å². The molecule has 11 heteroatoms. The molecule has 0 aromatic carbocycles. The Hall–Kier alpha value is 1.38. The molecule has 0 spiro atoms. The predicted octanol–water partition coefficient (Wildman–Crippen LogP) is -3.70. The van der Waals surface area contributed by atoms with Gasteiger partial charge < -0.3 is 21.0 Å². The Labute approximate surface area is 86.1 Å². The molecule has 65 valence electrons. The quantitative estimate of drug-likeness (QED) is 0.289. The van der Waals surface area contributed by atoms with Gasteiger partial charge in [0, 0.05) is 17.1 Å². The molecule has 1 radical (unpaired) electrons. The van der Waals surface area contributed by atoms with Gasteiger partial charge in [-0.15, -0.1) is 0 Å². The van der Waals surface area contributed by atoms with Crippen molar-refractivity contribution >= 4 is 15.6 Å². The van der Waals surface area contributed by atoms with Gasteiger partial charge in [0.05, 0.1) is 0 Å². The van der Waals surface area contributed by atoms with Crippen LogP contribution in [-0.2, 0) is 30.5 Å². The van der Waals surface area contributed by atoms with Gasteiger partial charge in [0.2, 0.25) is 0 Å². The largest absolute Gasteiger partial charge is 1.00 e. The van der Waals surface area contributed by atoms with Crippen molar-refractivity contribution in [1.82, 2.24) is 0 Å². The van der Waals surface area contributed by atoms with Gasteiger partial charge >= 0.3 is 34.5 Å². The first-order valence-electron chi connectivity index (χ1n) is 1.53. The van der Waals surface area contributed by atoms with Gasteiger partial charge in [-0.05, 0) is 0 Å². The first-order chi connectivity index (χ1) is 3.71. The van der Waals surface area contributed by atoms with Crippen LogP contribution in [0.5, 0.6) is 0 Å². The summed E-state index contributed by atoms with van der Waals surface area (Å²) in [5.74, 6) is 0. The normalized spacial score (nSPS) is 11.3. The van der Waals surface area contributed by atoms with Crippen molar-refractivity contribution < 1.29 is 70.4 Å². The van der Waals surface area contributed by atoms with E-state index in [1.54, 1.807) is 0 Å².